The lowest BCUT2D eigenvalue weighted by molar-refractivity contribution is -0.139. The minimum Gasteiger partial charge on any atom is -0.396 e. The molecule has 0 radical (unpaired) electrons. The van der Waals surface area contributed by atoms with E-state index in [1.54, 1.807) is 23.7 Å². The molecule has 0 aromatic rings. The van der Waals surface area contributed by atoms with Gasteiger partial charge in [-0.2, -0.15) is 0 Å². The Morgan fingerprint density at radius 2 is 2.03 bits per heavy atom. The molecule has 3 amide bonds. The van der Waals surface area contributed by atoms with Gasteiger partial charge in [-0.15, -0.1) is 11.8 Å². The predicted octanol–water partition coefficient (Wildman–Crippen LogP) is 1.28. The summed E-state index contributed by atoms with van der Waals surface area (Å²) in [5, 5.41) is 14.9. The molecule has 3 aliphatic heterocycles. The van der Waals surface area contributed by atoms with E-state index in [4.69, 9.17) is 5.11 Å². The molecule has 3 rings (SSSR count). The van der Waals surface area contributed by atoms with E-state index in [1.165, 1.54) is 0 Å². The fraction of sp³-hybridized carbons (Fsp3) is 0.850. The molecule has 0 saturated carbocycles. The number of nitrogens with one attached hydrogen (secondary N) is 2. The molecule has 3 heterocycles. The van der Waals surface area contributed by atoms with Crippen LogP contribution < -0.4 is 10.6 Å². The van der Waals surface area contributed by atoms with Gasteiger partial charge in [-0.05, 0) is 25.7 Å². The van der Waals surface area contributed by atoms with Crippen LogP contribution in [0.4, 0.5) is 0 Å². The third-order valence-corrected chi connectivity index (χ3v) is 9.69. The highest BCUT2D eigenvalue weighted by Crippen LogP contribution is 2.67. The minimum absolute atomic E-state index is 0.00103. The van der Waals surface area contributed by atoms with Gasteiger partial charge in [-0.3, -0.25) is 14.4 Å². The number of hydrogen-bond acceptors (Lipinski definition) is 5. The molecule has 0 aromatic heterocycles. The second-order valence-electron chi connectivity index (χ2n) is 8.24. The third-order valence-electron chi connectivity index (χ3n) is 6.47. The third kappa shape index (κ3) is 3.94. The second kappa shape index (κ2) is 9.56. The Morgan fingerprint density at radius 1 is 1.28 bits per heavy atom. The number of fused-ring (bicyclic) bond motifs is 1. The van der Waals surface area contributed by atoms with Gasteiger partial charge in [0, 0.05) is 36.8 Å². The highest BCUT2D eigenvalue weighted by Gasteiger charge is 2.75. The van der Waals surface area contributed by atoms with E-state index in [9.17, 15) is 14.4 Å². The van der Waals surface area contributed by atoms with Crippen LogP contribution in [0.25, 0.3) is 0 Å². The van der Waals surface area contributed by atoms with Crippen molar-refractivity contribution in [2.24, 2.45) is 11.8 Å². The largest absolute Gasteiger partial charge is 0.396 e. The van der Waals surface area contributed by atoms with Gasteiger partial charge < -0.3 is 20.6 Å². The average Bonchev–Trinajstić information content (AvgIpc) is 3.28. The van der Waals surface area contributed by atoms with Crippen molar-refractivity contribution >= 4 is 45.4 Å². The van der Waals surface area contributed by atoms with E-state index >= 15 is 0 Å². The maximum atomic E-state index is 13.5. The number of halogens is 1. The molecule has 7 nitrogen and oxygen atoms in total. The van der Waals surface area contributed by atoms with Crippen molar-refractivity contribution in [1.29, 1.82) is 0 Å². The number of nitrogens with zero attached hydrogens (tertiary/aromatic N) is 1. The number of alkyl halides is 1. The topological polar surface area (TPSA) is 98.7 Å². The van der Waals surface area contributed by atoms with Gasteiger partial charge in [-0.25, -0.2) is 0 Å². The summed E-state index contributed by atoms with van der Waals surface area (Å²) in [5.41, 5.74) is 0. The summed E-state index contributed by atoms with van der Waals surface area (Å²) in [6, 6.07) is -0.565. The van der Waals surface area contributed by atoms with Crippen molar-refractivity contribution in [3.63, 3.8) is 0 Å². The average molecular weight is 490 g/mol. The minimum atomic E-state index is -0.568. The predicted molar refractivity (Wildman–Crippen MR) is 117 cm³/mol. The molecule has 2 bridgehead atoms. The highest BCUT2D eigenvalue weighted by atomic mass is 79.9. The zero-order valence-corrected chi connectivity index (χ0v) is 19.6. The van der Waals surface area contributed by atoms with Crippen LogP contribution in [0.5, 0.6) is 0 Å². The fourth-order valence-electron chi connectivity index (χ4n) is 5.21. The zero-order valence-electron chi connectivity index (χ0n) is 17.2. The standard InChI is InChI=1S/C20H32BrN3O4S/c1-3-4-5-8-23-18(27)16-20-11-12(21)15(29-20)13(17(26)22-2)14(20)19(28)24(16)9-6-7-10-25/h12-16,25H,3-11H2,1-2H3,(H,22,26)(H,23,27)/t12?,13-,14+,15-,16?,20?/m1/s1. The lowest BCUT2D eigenvalue weighted by Gasteiger charge is -2.35. The first kappa shape index (κ1) is 22.9. The smallest absolute Gasteiger partial charge is 0.244 e. The van der Waals surface area contributed by atoms with E-state index in [2.05, 4.69) is 33.5 Å². The van der Waals surface area contributed by atoms with E-state index in [0.29, 0.717) is 32.4 Å². The van der Waals surface area contributed by atoms with Crippen molar-refractivity contribution < 1.29 is 19.5 Å². The molecule has 6 atom stereocenters. The number of thioether (sulfide) groups is 1. The summed E-state index contributed by atoms with van der Waals surface area (Å²) in [5.74, 6) is -1.20. The monoisotopic (exact) mass is 489 g/mol. The Kier molecular flexibility index (Phi) is 7.54. The van der Waals surface area contributed by atoms with Gasteiger partial charge in [0.25, 0.3) is 0 Å². The Balaban J connectivity index is 1.89. The number of rotatable bonds is 10. The number of hydrogen-bond donors (Lipinski definition) is 3. The number of carbonyl (C=O) groups excluding carboxylic acids is 3. The van der Waals surface area contributed by atoms with Crippen molar-refractivity contribution in [2.75, 3.05) is 26.7 Å². The molecule has 1 spiro atoms. The number of amides is 3. The Bertz CT molecular complexity index is 651. The van der Waals surface area contributed by atoms with Gasteiger partial charge in [0.15, 0.2) is 0 Å². The molecule has 29 heavy (non-hydrogen) atoms. The maximum Gasteiger partial charge on any atom is 0.244 e. The van der Waals surface area contributed by atoms with Crippen LogP contribution in [0.3, 0.4) is 0 Å². The first-order valence-corrected chi connectivity index (χ1v) is 12.4. The SMILES string of the molecule is CCCCCNC(=O)C1N(CCCCO)C(=O)[C@@H]2[C@@H](C(=O)NC)[C@@H]3SC12CC3Br. The van der Waals surface area contributed by atoms with Gasteiger partial charge in [0.05, 0.1) is 16.6 Å². The van der Waals surface area contributed by atoms with Crippen LogP contribution in [0.15, 0.2) is 0 Å². The summed E-state index contributed by atoms with van der Waals surface area (Å²) < 4.78 is -0.568. The summed E-state index contributed by atoms with van der Waals surface area (Å²) in [6.45, 7) is 3.22. The Morgan fingerprint density at radius 3 is 2.69 bits per heavy atom. The molecular weight excluding hydrogens is 458 g/mol. The number of aliphatic hydroxyl groups is 1. The van der Waals surface area contributed by atoms with Crippen molar-refractivity contribution in [3.05, 3.63) is 0 Å². The lowest BCUT2D eigenvalue weighted by Crippen LogP contribution is -2.54. The van der Waals surface area contributed by atoms with E-state index in [0.717, 1.165) is 19.3 Å². The molecule has 9 heteroatoms. The Hall–Kier alpha value is -0.800. The normalized spacial score (nSPS) is 35.1. The molecule has 3 fully saturated rings. The molecule has 3 N–H and O–H groups in total. The van der Waals surface area contributed by atoms with Crippen molar-refractivity contribution in [3.8, 4) is 0 Å². The highest BCUT2D eigenvalue weighted by molar-refractivity contribution is 9.09. The molecule has 3 aliphatic rings. The van der Waals surface area contributed by atoms with Gasteiger partial charge in [0.1, 0.15) is 6.04 Å². The molecule has 3 saturated heterocycles. The summed E-state index contributed by atoms with van der Waals surface area (Å²) in [6.07, 6.45) is 4.98. The summed E-state index contributed by atoms with van der Waals surface area (Å²) >= 11 is 5.38. The Labute approximate surface area is 185 Å². The lowest BCUT2D eigenvalue weighted by atomic mass is 9.70. The summed E-state index contributed by atoms with van der Waals surface area (Å²) in [7, 11) is 1.60. The molecule has 0 aromatic carbocycles. The van der Waals surface area contributed by atoms with Crippen LogP contribution in [-0.4, -0.2) is 75.3 Å². The van der Waals surface area contributed by atoms with E-state index < -0.39 is 22.6 Å². The summed E-state index contributed by atoms with van der Waals surface area (Å²) in [4.78, 5) is 41.2. The van der Waals surface area contributed by atoms with Crippen molar-refractivity contribution in [1.82, 2.24) is 15.5 Å². The van der Waals surface area contributed by atoms with E-state index in [-0.39, 0.29) is 34.4 Å². The number of aliphatic hydroxyl groups excluding tert-OH is 1. The second-order valence-corrected chi connectivity index (χ2v) is 11.0. The molecule has 3 unspecified atom stereocenters. The van der Waals surface area contributed by atoms with Crippen LogP contribution in [0.2, 0.25) is 0 Å². The molecule has 164 valence electrons. The van der Waals surface area contributed by atoms with Crippen LogP contribution in [0.1, 0.15) is 45.4 Å². The fourth-order valence-corrected chi connectivity index (χ4v) is 8.83. The number of likely N-dealkylation sites (tertiary alicyclic amines) is 1. The first-order chi connectivity index (χ1) is 13.9. The van der Waals surface area contributed by atoms with Crippen LogP contribution in [0, 0.1) is 11.8 Å². The van der Waals surface area contributed by atoms with Gasteiger partial charge in [0.2, 0.25) is 17.7 Å². The number of unbranched alkanes of at least 4 members (excludes halogenated alkanes) is 3. The van der Waals surface area contributed by atoms with Crippen LogP contribution >= 0.6 is 27.7 Å². The van der Waals surface area contributed by atoms with Gasteiger partial charge in [-0.1, -0.05) is 35.7 Å². The van der Waals surface area contributed by atoms with Crippen LogP contribution in [-0.2, 0) is 14.4 Å². The van der Waals surface area contributed by atoms with Gasteiger partial charge >= 0.3 is 0 Å². The molecular formula is C20H32BrN3O4S. The first-order valence-electron chi connectivity index (χ1n) is 10.7. The zero-order chi connectivity index (χ0) is 21.2. The molecule has 0 aliphatic carbocycles. The van der Waals surface area contributed by atoms with E-state index in [1.807, 2.05) is 0 Å². The van der Waals surface area contributed by atoms with Crippen molar-refractivity contribution in [2.45, 2.75) is 66.3 Å². The maximum absolute atomic E-state index is 13.5. The quantitative estimate of drug-likeness (QED) is 0.317. The number of carbonyl (C=O) groups is 3.